The topological polar surface area (TPSA) is 55.4 Å². The van der Waals surface area contributed by atoms with Crippen LogP contribution in [-0.4, -0.2) is 26.4 Å². The third-order valence-electron chi connectivity index (χ3n) is 3.25. The standard InChI is InChI=1S/C15H17N5/c1-11-10-12(2)17-15-14(16-11)18-19-20(15)9-8-13-6-4-3-5-7-13/h3-7H,8-10H2,1-2H3. The van der Waals surface area contributed by atoms with Crippen LogP contribution in [0.4, 0.5) is 11.6 Å². The van der Waals surface area contributed by atoms with E-state index in [9.17, 15) is 0 Å². The van der Waals surface area contributed by atoms with E-state index < -0.39 is 0 Å². The second kappa shape index (κ2) is 5.36. The Hall–Kier alpha value is -2.30. The summed E-state index contributed by atoms with van der Waals surface area (Å²) >= 11 is 0. The molecule has 5 heteroatoms. The predicted molar refractivity (Wildman–Crippen MR) is 80.3 cm³/mol. The smallest absolute Gasteiger partial charge is 0.220 e. The first-order chi connectivity index (χ1) is 9.72. The van der Waals surface area contributed by atoms with Gasteiger partial charge in [-0.2, -0.15) is 0 Å². The van der Waals surface area contributed by atoms with Gasteiger partial charge in [-0.25, -0.2) is 14.7 Å². The molecule has 0 atom stereocenters. The quantitative estimate of drug-likeness (QED) is 0.858. The highest BCUT2D eigenvalue weighted by atomic mass is 15.5. The van der Waals surface area contributed by atoms with Crippen molar-refractivity contribution < 1.29 is 0 Å². The molecule has 1 aromatic carbocycles. The number of hydrogen-bond donors (Lipinski definition) is 0. The molecule has 2 heterocycles. The number of rotatable bonds is 3. The molecule has 0 bridgehead atoms. The van der Waals surface area contributed by atoms with Crippen LogP contribution in [0.3, 0.4) is 0 Å². The predicted octanol–water partition coefficient (Wildman–Crippen LogP) is 3.11. The minimum Gasteiger partial charge on any atom is -0.235 e. The Bertz CT molecular complexity index is 667. The first-order valence-electron chi connectivity index (χ1n) is 6.78. The Morgan fingerprint density at radius 1 is 1.05 bits per heavy atom. The first kappa shape index (κ1) is 12.7. The summed E-state index contributed by atoms with van der Waals surface area (Å²) in [5.41, 5.74) is 3.36. The Morgan fingerprint density at radius 3 is 2.60 bits per heavy atom. The van der Waals surface area contributed by atoms with Gasteiger partial charge in [0, 0.05) is 24.4 Å². The maximum Gasteiger partial charge on any atom is 0.220 e. The Morgan fingerprint density at radius 2 is 1.80 bits per heavy atom. The van der Waals surface area contributed by atoms with Crippen LogP contribution < -0.4 is 0 Å². The molecule has 5 nitrogen and oxygen atoms in total. The molecule has 20 heavy (non-hydrogen) atoms. The summed E-state index contributed by atoms with van der Waals surface area (Å²) < 4.78 is 1.84. The van der Waals surface area contributed by atoms with Crippen molar-refractivity contribution >= 4 is 23.1 Å². The number of aryl methyl sites for hydroxylation is 2. The van der Waals surface area contributed by atoms with Crippen molar-refractivity contribution in [2.45, 2.75) is 33.2 Å². The van der Waals surface area contributed by atoms with Crippen LogP contribution in [0, 0.1) is 0 Å². The summed E-state index contributed by atoms with van der Waals surface area (Å²) in [6.07, 6.45) is 1.71. The summed E-state index contributed by atoms with van der Waals surface area (Å²) in [6.45, 7) is 4.78. The second-order valence-corrected chi connectivity index (χ2v) is 5.07. The maximum absolute atomic E-state index is 4.60. The molecule has 0 saturated heterocycles. The summed E-state index contributed by atoms with van der Waals surface area (Å²) in [7, 11) is 0. The summed E-state index contributed by atoms with van der Waals surface area (Å²) in [6, 6.07) is 10.4. The van der Waals surface area contributed by atoms with Crippen LogP contribution in [0.15, 0.2) is 40.3 Å². The highest BCUT2D eigenvalue weighted by Crippen LogP contribution is 2.28. The van der Waals surface area contributed by atoms with Gasteiger partial charge in [0.05, 0.1) is 0 Å². The SMILES string of the molecule is CC1=Nc2nnn(CCc3ccccc3)c2N=C(C)C1. The van der Waals surface area contributed by atoms with Crippen molar-refractivity contribution in [2.24, 2.45) is 9.98 Å². The fourth-order valence-electron chi connectivity index (χ4n) is 2.32. The molecule has 0 aliphatic carbocycles. The van der Waals surface area contributed by atoms with Crippen molar-refractivity contribution in [1.29, 1.82) is 0 Å². The summed E-state index contributed by atoms with van der Waals surface area (Å²) in [4.78, 5) is 9.08. The van der Waals surface area contributed by atoms with Crippen molar-refractivity contribution in [3.05, 3.63) is 35.9 Å². The van der Waals surface area contributed by atoms with Crippen LogP contribution in [0.1, 0.15) is 25.8 Å². The van der Waals surface area contributed by atoms with Crippen LogP contribution in [-0.2, 0) is 13.0 Å². The molecule has 1 aliphatic heterocycles. The van der Waals surface area contributed by atoms with E-state index in [2.05, 4.69) is 32.4 Å². The summed E-state index contributed by atoms with van der Waals surface area (Å²) in [5.74, 6) is 1.41. The van der Waals surface area contributed by atoms with E-state index in [1.165, 1.54) is 5.56 Å². The number of fused-ring (bicyclic) bond motifs is 1. The van der Waals surface area contributed by atoms with Crippen molar-refractivity contribution in [2.75, 3.05) is 0 Å². The zero-order chi connectivity index (χ0) is 13.9. The second-order valence-electron chi connectivity index (χ2n) is 5.07. The van der Waals surface area contributed by atoms with Gasteiger partial charge in [0.15, 0.2) is 5.82 Å². The van der Waals surface area contributed by atoms with Crippen molar-refractivity contribution in [3.8, 4) is 0 Å². The number of aromatic nitrogens is 3. The van der Waals surface area contributed by atoms with Gasteiger partial charge in [-0.3, -0.25) is 0 Å². The molecular weight excluding hydrogens is 250 g/mol. The van der Waals surface area contributed by atoms with Gasteiger partial charge < -0.3 is 0 Å². The fourth-order valence-corrected chi connectivity index (χ4v) is 2.32. The molecule has 0 unspecified atom stereocenters. The van der Waals surface area contributed by atoms with Gasteiger partial charge >= 0.3 is 0 Å². The Labute approximate surface area is 118 Å². The van der Waals surface area contributed by atoms with E-state index in [1.54, 1.807) is 0 Å². The number of aliphatic imine (C=N–C) groups is 2. The van der Waals surface area contributed by atoms with Gasteiger partial charge in [-0.05, 0) is 25.8 Å². The molecule has 0 N–H and O–H groups in total. The van der Waals surface area contributed by atoms with Gasteiger partial charge in [-0.15, -0.1) is 5.10 Å². The summed E-state index contributed by atoms with van der Waals surface area (Å²) in [5, 5.41) is 8.31. The molecule has 102 valence electrons. The zero-order valence-corrected chi connectivity index (χ0v) is 11.7. The van der Waals surface area contributed by atoms with E-state index in [-0.39, 0.29) is 0 Å². The number of nitrogens with zero attached hydrogens (tertiary/aromatic N) is 5. The molecule has 0 spiro atoms. The van der Waals surface area contributed by atoms with E-state index in [0.29, 0.717) is 5.82 Å². The van der Waals surface area contributed by atoms with E-state index in [0.717, 1.165) is 36.6 Å². The first-order valence-corrected chi connectivity index (χ1v) is 6.78. The van der Waals surface area contributed by atoms with Crippen LogP contribution in [0.25, 0.3) is 0 Å². The largest absolute Gasteiger partial charge is 0.235 e. The lowest BCUT2D eigenvalue weighted by Crippen LogP contribution is -2.04. The molecular formula is C15H17N5. The average molecular weight is 267 g/mol. The Kier molecular flexibility index (Phi) is 3.41. The molecule has 0 fully saturated rings. The third kappa shape index (κ3) is 2.66. The van der Waals surface area contributed by atoms with Crippen molar-refractivity contribution in [3.63, 3.8) is 0 Å². The molecule has 1 aromatic heterocycles. The third-order valence-corrected chi connectivity index (χ3v) is 3.25. The highest BCUT2D eigenvalue weighted by molar-refractivity contribution is 6.05. The fraction of sp³-hybridized carbons (Fsp3) is 0.333. The van der Waals surface area contributed by atoms with Gasteiger partial charge in [0.2, 0.25) is 5.82 Å². The van der Waals surface area contributed by atoms with Crippen LogP contribution in [0.5, 0.6) is 0 Å². The molecule has 0 amide bonds. The van der Waals surface area contributed by atoms with Gasteiger partial charge in [0.25, 0.3) is 0 Å². The lowest BCUT2D eigenvalue weighted by Gasteiger charge is -2.03. The lowest BCUT2D eigenvalue weighted by atomic mass is 10.1. The van der Waals surface area contributed by atoms with E-state index in [1.807, 2.05) is 36.7 Å². The average Bonchev–Trinajstić information content (AvgIpc) is 2.72. The van der Waals surface area contributed by atoms with Crippen LogP contribution in [0.2, 0.25) is 0 Å². The molecule has 2 aromatic rings. The minimum absolute atomic E-state index is 0.632. The van der Waals surface area contributed by atoms with Crippen LogP contribution >= 0.6 is 0 Å². The molecule has 3 rings (SSSR count). The molecule has 0 radical (unpaired) electrons. The highest BCUT2D eigenvalue weighted by Gasteiger charge is 2.15. The van der Waals surface area contributed by atoms with Gasteiger partial charge in [-0.1, -0.05) is 35.5 Å². The Balaban J connectivity index is 1.84. The van der Waals surface area contributed by atoms with Gasteiger partial charge in [0.1, 0.15) is 0 Å². The van der Waals surface area contributed by atoms with E-state index in [4.69, 9.17) is 0 Å². The number of hydrogen-bond acceptors (Lipinski definition) is 4. The maximum atomic E-state index is 4.60. The number of benzene rings is 1. The molecule has 0 saturated carbocycles. The lowest BCUT2D eigenvalue weighted by molar-refractivity contribution is 0.593. The normalized spacial score (nSPS) is 14.3. The minimum atomic E-state index is 0.632. The molecule has 1 aliphatic rings. The van der Waals surface area contributed by atoms with Crippen molar-refractivity contribution in [1.82, 2.24) is 15.0 Å². The monoisotopic (exact) mass is 267 g/mol. The zero-order valence-electron chi connectivity index (χ0n) is 11.7. The van der Waals surface area contributed by atoms with E-state index >= 15 is 0 Å².